The first kappa shape index (κ1) is 18.0. The van der Waals surface area contributed by atoms with Crippen LogP contribution in [0.5, 0.6) is 11.5 Å². The van der Waals surface area contributed by atoms with E-state index in [-0.39, 0.29) is 5.91 Å². The number of ether oxygens (including phenoxy) is 2. The SMILES string of the molecule is COc1ccccc1OC(C)(C)C(=O)N1CCN2CCN(C)C[C@H]2C1. The van der Waals surface area contributed by atoms with Gasteiger partial charge in [-0.05, 0) is 33.0 Å². The van der Waals surface area contributed by atoms with Crippen LogP contribution in [0, 0.1) is 0 Å². The summed E-state index contributed by atoms with van der Waals surface area (Å²) in [5, 5.41) is 0. The van der Waals surface area contributed by atoms with E-state index in [2.05, 4.69) is 16.8 Å². The maximum Gasteiger partial charge on any atom is 0.266 e. The van der Waals surface area contributed by atoms with Crippen LogP contribution in [0.15, 0.2) is 24.3 Å². The molecule has 2 heterocycles. The molecule has 6 nitrogen and oxygen atoms in total. The zero-order valence-corrected chi connectivity index (χ0v) is 15.7. The lowest BCUT2D eigenvalue weighted by molar-refractivity contribution is -0.149. The van der Waals surface area contributed by atoms with Gasteiger partial charge in [-0.1, -0.05) is 12.1 Å². The normalized spacial score (nSPS) is 22.4. The van der Waals surface area contributed by atoms with Crippen molar-refractivity contribution >= 4 is 5.91 Å². The quantitative estimate of drug-likeness (QED) is 0.822. The van der Waals surface area contributed by atoms with Crippen LogP contribution in [0.2, 0.25) is 0 Å². The molecule has 1 aromatic carbocycles. The van der Waals surface area contributed by atoms with E-state index in [0.717, 1.165) is 39.3 Å². The van der Waals surface area contributed by atoms with E-state index in [1.165, 1.54) is 0 Å². The molecule has 0 aliphatic carbocycles. The number of carbonyl (C=O) groups is 1. The number of hydrogen-bond acceptors (Lipinski definition) is 5. The molecule has 138 valence electrons. The number of benzene rings is 1. The Bertz CT molecular complexity index is 620. The lowest BCUT2D eigenvalue weighted by Crippen LogP contribution is -2.64. The van der Waals surface area contributed by atoms with Crippen molar-refractivity contribution in [2.45, 2.75) is 25.5 Å². The number of likely N-dealkylation sites (N-methyl/N-ethyl adjacent to an activating group) is 1. The minimum Gasteiger partial charge on any atom is -0.493 e. The predicted octanol–water partition coefficient (Wildman–Crippen LogP) is 1.31. The third kappa shape index (κ3) is 3.90. The van der Waals surface area contributed by atoms with Gasteiger partial charge in [-0.2, -0.15) is 0 Å². The summed E-state index contributed by atoms with van der Waals surface area (Å²) in [5.41, 5.74) is -0.933. The molecule has 6 heteroatoms. The van der Waals surface area contributed by atoms with Crippen LogP contribution in [0.3, 0.4) is 0 Å². The molecule has 2 fully saturated rings. The van der Waals surface area contributed by atoms with E-state index in [1.54, 1.807) is 7.11 Å². The highest BCUT2D eigenvalue weighted by Crippen LogP contribution is 2.30. The fourth-order valence-electron chi connectivity index (χ4n) is 3.70. The molecule has 0 aromatic heterocycles. The summed E-state index contributed by atoms with van der Waals surface area (Å²) in [6, 6.07) is 7.86. The monoisotopic (exact) mass is 347 g/mol. The Hall–Kier alpha value is -1.79. The van der Waals surface area contributed by atoms with Crippen molar-refractivity contribution in [3.8, 4) is 11.5 Å². The maximum atomic E-state index is 13.1. The zero-order valence-electron chi connectivity index (χ0n) is 15.7. The van der Waals surface area contributed by atoms with Gasteiger partial charge in [0.15, 0.2) is 17.1 Å². The second kappa shape index (κ2) is 7.22. The van der Waals surface area contributed by atoms with Gasteiger partial charge in [-0.3, -0.25) is 9.69 Å². The van der Waals surface area contributed by atoms with E-state index in [1.807, 2.05) is 43.0 Å². The van der Waals surface area contributed by atoms with E-state index < -0.39 is 5.60 Å². The van der Waals surface area contributed by atoms with E-state index in [4.69, 9.17) is 9.47 Å². The Labute approximate surface area is 150 Å². The topological polar surface area (TPSA) is 45.3 Å². The highest BCUT2D eigenvalue weighted by molar-refractivity contribution is 5.85. The fraction of sp³-hybridized carbons (Fsp3) is 0.632. The van der Waals surface area contributed by atoms with Crippen molar-refractivity contribution in [3.63, 3.8) is 0 Å². The molecule has 0 N–H and O–H groups in total. The third-order valence-corrected chi connectivity index (χ3v) is 5.13. The number of methoxy groups -OCH3 is 1. The predicted molar refractivity (Wildman–Crippen MR) is 97.1 cm³/mol. The first-order valence-corrected chi connectivity index (χ1v) is 8.94. The van der Waals surface area contributed by atoms with Crippen LogP contribution < -0.4 is 9.47 Å². The van der Waals surface area contributed by atoms with Crippen molar-refractivity contribution in [2.75, 3.05) is 53.4 Å². The summed E-state index contributed by atoms with van der Waals surface area (Å²) < 4.78 is 11.4. The second-order valence-electron chi connectivity index (χ2n) is 7.47. The van der Waals surface area contributed by atoms with Crippen LogP contribution >= 0.6 is 0 Å². The molecular formula is C19H29N3O3. The van der Waals surface area contributed by atoms with Gasteiger partial charge in [-0.15, -0.1) is 0 Å². The molecule has 0 radical (unpaired) electrons. The first-order valence-electron chi connectivity index (χ1n) is 8.94. The van der Waals surface area contributed by atoms with Crippen molar-refractivity contribution in [1.82, 2.24) is 14.7 Å². The van der Waals surface area contributed by atoms with Gasteiger partial charge in [0.05, 0.1) is 7.11 Å². The van der Waals surface area contributed by atoms with Crippen molar-refractivity contribution in [2.24, 2.45) is 0 Å². The van der Waals surface area contributed by atoms with Gasteiger partial charge in [0.2, 0.25) is 0 Å². The number of fused-ring (bicyclic) bond motifs is 1. The smallest absolute Gasteiger partial charge is 0.266 e. The molecule has 25 heavy (non-hydrogen) atoms. The lowest BCUT2D eigenvalue weighted by Gasteiger charge is -2.47. The molecule has 0 saturated carbocycles. The summed E-state index contributed by atoms with van der Waals surface area (Å²) in [7, 11) is 3.75. The first-order chi connectivity index (χ1) is 11.9. The number of rotatable bonds is 4. The van der Waals surface area contributed by atoms with Gasteiger partial charge in [-0.25, -0.2) is 0 Å². The molecule has 2 aliphatic rings. The van der Waals surface area contributed by atoms with Crippen molar-refractivity contribution in [1.29, 1.82) is 0 Å². The Morgan fingerprint density at radius 1 is 1.08 bits per heavy atom. The van der Waals surface area contributed by atoms with Crippen LogP contribution in [-0.2, 0) is 4.79 Å². The van der Waals surface area contributed by atoms with Gasteiger partial charge in [0, 0.05) is 45.3 Å². The number of hydrogen-bond donors (Lipinski definition) is 0. The van der Waals surface area contributed by atoms with Crippen molar-refractivity contribution in [3.05, 3.63) is 24.3 Å². The van der Waals surface area contributed by atoms with Crippen LogP contribution in [-0.4, -0.2) is 85.7 Å². The highest BCUT2D eigenvalue weighted by Gasteiger charge is 2.39. The van der Waals surface area contributed by atoms with Crippen LogP contribution in [0.1, 0.15) is 13.8 Å². The van der Waals surface area contributed by atoms with E-state index >= 15 is 0 Å². The minimum atomic E-state index is -0.933. The Kier molecular flexibility index (Phi) is 5.20. The molecule has 1 aromatic rings. The summed E-state index contributed by atoms with van der Waals surface area (Å²) >= 11 is 0. The average Bonchev–Trinajstić information content (AvgIpc) is 2.60. The summed E-state index contributed by atoms with van der Waals surface area (Å²) in [5.74, 6) is 1.27. The number of carbonyl (C=O) groups excluding carboxylic acids is 1. The van der Waals surface area contributed by atoms with Gasteiger partial charge in [0.25, 0.3) is 5.91 Å². The number of nitrogens with zero attached hydrogens (tertiary/aromatic N) is 3. The second-order valence-corrected chi connectivity index (χ2v) is 7.47. The largest absolute Gasteiger partial charge is 0.493 e. The fourth-order valence-corrected chi connectivity index (χ4v) is 3.70. The van der Waals surface area contributed by atoms with Gasteiger partial charge in [0.1, 0.15) is 0 Å². The van der Waals surface area contributed by atoms with Crippen molar-refractivity contribution < 1.29 is 14.3 Å². The number of para-hydroxylation sites is 2. The van der Waals surface area contributed by atoms with E-state index in [9.17, 15) is 4.79 Å². The molecule has 3 rings (SSSR count). The molecule has 0 spiro atoms. The van der Waals surface area contributed by atoms with Crippen LogP contribution in [0.25, 0.3) is 0 Å². The molecule has 2 aliphatic heterocycles. The van der Waals surface area contributed by atoms with Crippen LogP contribution in [0.4, 0.5) is 0 Å². The van der Waals surface area contributed by atoms with Gasteiger partial charge < -0.3 is 19.3 Å². The number of piperazine rings is 2. The zero-order chi connectivity index (χ0) is 18.0. The van der Waals surface area contributed by atoms with Gasteiger partial charge >= 0.3 is 0 Å². The molecule has 1 atom stereocenters. The molecule has 1 amide bonds. The summed E-state index contributed by atoms with van der Waals surface area (Å²) in [6.45, 7) is 9.34. The summed E-state index contributed by atoms with van der Waals surface area (Å²) in [6.07, 6.45) is 0. The maximum absolute atomic E-state index is 13.1. The number of amides is 1. The summed E-state index contributed by atoms with van der Waals surface area (Å²) in [4.78, 5) is 19.9. The lowest BCUT2D eigenvalue weighted by atomic mass is 10.0. The Morgan fingerprint density at radius 3 is 2.48 bits per heavy atom. The molecule has 0 bridgehead atoms. The van der Waals surface area contributed by atoms with E-state index in [0.29, 0.717) is 17.5 Å². The standard InChI is InChI=1S/C19H29N3O3/c1-19(2,25-17-8-6-5-7-16(17)24-4)18(23)22-12-11-21-10-9-20(3)13-15(21)14-22/h5-8,15H,9-14H2,1-4H3/t15-/m0/s1. The molecular weight excluding hydrogens is 318 g/mol. The minimum absolute atomic E-state index is 0.0336. The average molecular weight is 347 g/mol. The molecule has 2 saturated heterocycles. The molecule has 0 unspecified atom stereocenters. The Balaban J connectivity index is 1.68. The highest BCUT2D eigenvalue weighted by atomic mass is 16.5. The Morgan fingerprint density at radius 2 is 1.76 bits per heavy atom. The third-order valence-electron chi connectivity index (χ3n) is 5.13.